The molecule has 2 saturated heterocycles. The van der Waals surface area contributed by atoms with Crippen LogP contribution in [0.2, 0.25) is 0 Å². The van der Waals surface area contributed by atoms with E-state index in [2.05, 4.69) is 0 Å². The van der Waals surface area contributed by atoms with Crippen LogP contribution in [0.5, 0.6) is 5.75 Å². The topological polar surface area (TPSA) is 295 Å². The zero-order chi connectivity index (χ0) is 32.0. The summed E-state index contributed by atoms with van der Waals surface area (Å²) >= 11 is 0. The van der Waals surface area contributed by atoms with E-state index in [0.29, 0.717) is 5.56 Å². The number of allylic oxidation sites excluding steroid dienone is 2. The predicted molar refractivity (Wildman–Crippen MR) is 139 cm³/mol. The molecule has 0 spiro atoms. The number of phenolic OH excluding ortho intramolecular Hbond substituents is 1. The van der Waals surface area contributed by atoms with Crippen LogP contribution in [0, 0.1) is 0 Å². The lowest BCUT2D eigenvalue weighted by molar-refractivity contribution is -0.261. The fourth-order valence-electron chi connectivity index (χ4n) is 5.24. The summed E-state index contributed by atoms with van der Waals surface area (Å²) in [6.07, 6.45) is -18.7. The van der Waals surface area contributed by atoms with Crippen molar-refractivity contribution in [3.05, 3.63) is 58.6 Å². The fraction of sp³-hybridized carbons (Fsp3) is 0.481. The van der Waals surface area contributed by atoms with E-state index < -0.39 is 114 Å². The van der Waals surface area contributed by atoms with Gasteiger partial charge < -0.3 is 70.8 Å². The van der Waals surface area contributed by atoms with Crippen LogP contribution in [0.1, 0.15) is 5.56 Å². The van der Waals surface area contributed by atoms with Gasteiger partial charge >= 0.3 is 0 Å². The third-order valence-corrected chi connectivity index (χ3v) is 7.72. The molecule has 0 aromatic heterocycles. The maximum Gasteiger partial charge on any atom is 0.219 e. The Kier molecular flexibility index (Phi) is 9.41. The summed E-state index contributed by atoms with van der Waals surface area (Å²) in [7, 11) is 0. The molecule has 1 aromatic carbocycles. The maximum absolute atomic E-state index is 13.9. The van der Waals surface area contributed by atoms with Gasteiger partial charge in [0, 0.05) is 0 Å². The molecular weight excluding hydrogens is 580 g/mol. The Morgan fingerprint density at radius 1 is 0.767 bits per heavy atom. The molecule has 3 aliphatic rings. The summed E-state index contributed by atoms with van der Waals surface area (Å²) in [6.45, 7) is -1.99. The molecule has 1 aromatic rings. The van der Waals surface area contributed by atoms with Crippen LogP contribution in [-0.2, 0) is 19.1 Å². The fourth-order valence-corrected chi connectivity index (χ4v) is 5.24. The lowest BCUT2D eigenvalue weighted by Crippen LogP contribution is -2.72. The molecule has 236 valence electrons. The Bertz CT molecular complexity index is 1320. The number of rotatable bonds is 6. The Hall–Kier alpha value is -3.26. The standard InChI is InChI=1S/C27H32O16/c28-7-12-16(32)19(35)21(37)23(42-12)15-18(34)14(11(31)6-3-9-1-4-10(30)5-2-9)24(39)27(41,25(15)40)26-22(38)20(36)17(33)13(8-29)43-26/h1-6,12-13,16-17,19-23,26,28-38,41H,7-8H2/b6-3+,14-11?/t12?,13?,16?,17?,19?,20?,21?,22?,23?,26-,27+/m1/s1. The number of ketones is 2. The third-order valence-electron chi connectivity index (χ3n) is 7.72. The molecule has 16 heteroatoms. The van der Waals surface area contributed by atoms with Gasteiger partial charge in [-0.25, -0.2) is 0 Å². The average Bonchev–Trinajstić information content (AvgIpc) is 2.98. The summed E-state index contributed by atoms with van der Waals surface area (Å²) in [5.74, 6) is -6.12. The molecule has 4 rings (SSSR count). The molecule has 2 aliphatic heterocycles. The van der Waals surface area contributed by atoms with Crippen molar-refractivity contribution in [1.29, 1.82) is 0 Å². The first kappa shape index (κ1) is 32.6. The molecule has 0 saturated carbocycles. The van der Waals surface area contributed by atoms with Crippen LogP contribution in [0.15, 0.2) is 53.0 Å². The van der Waals surface area contributed by atoms with Crippen LogP contribution < -0.4 is 0 Å². The highest BCUT2D eigenvalue weighted by molar-refractivity contribution is 6.28. The van der Waals surface area contributed by atoms with Crippen molar-refractivity contribution in [3.8, 4) is 5.75 Å². The molecule has 2 heterocycles. The number of Topliss-reactive ketones (excluding diaryl/α,β-unsaturated/α-hetero) is 2. The lowest BCUT2D eigenvalue weighted by atomic mass is 9.69. The van der Waals surface area contributed by atoms with E-state index in [0.717, 1.165) is 6.08 Å². The van der Waals surface area contributed by atoms with Gasteiger partial charge in [0.15, 0.2) is 0 Å². The largest absolute Gasteiger partial charge is 0.508 e. The number of aliphatic hydroxyl groups is 11. The van der Waals surface area contributed by atoms with Crippen molar-refractivity contribution < 1.29 is 80.3 Å². The first-order valence-corrected chi connectivity index (χ1v) is 13.0. The maximum atomic E-state index is 13.9. The molecule has 0 bridgehead atoms. The van der Waals surface area contributed by atoms with E-state index >= 15 is 0 Å². The monoisotopic (exact) mass is 612 g/mol. The van der Waals surface area contributed by atoms with Gasteiger partial charge in [0.1, 0.15) is 83.9 Å². The second-order valence-corrected chi connectivity index (χ2v) is 10.4. The van der Waals surface area contributed by atoms with E-state index in [-0.39, 0.29) is 5.75 Å². The highest BCUT2D eigenvalue weighted by Gasteiger charge is 2.65. The number of ether oxygens (including phenoxy) is 2. The molecule has 0 amide bonds. The zero-order valence-electron chi connectivity index (χ0n) is 22.2. The van der Waals surface area contributed by atoms with Gasteiger partial charge in [-0.05, 0) is 23.8 Å². The number of carbonyl (C=O) groups is 2. The Morgan fingerprint density at radius 3 is 1.86 bits per heavy atom. The van der Waals surface area contributed by atoms with Crippen molar-refractivity contribution in [2.75, 3.05) is 13.2 Å². The van der Waals surface area contributed by atoms with Gasteiger partial charge in [0.25, 0.3) is 0 Å². The van der Waals surface area contributed by atoms with Crippen LogP contribution in [0.4, 0.5) is 0 Å². The Balaban J connectivity index is 1.92. The minimum Gasteiger partial charge on any atom is -0.508 e. The highest BCUT2D eigenvalue weighted by atomic mass is 16.6. The summed E-state index contributed by atoms with van der Waals surface area (Å²) in [5.41, 5.74) is -5.62. The first-order valence-electron chi connectivity index (χ1n) is 13.0. The molecule has 43 heavy (non-hydrogen) atoms. The predicted octanol–water partition coefficient (Wildman–Crippen LogP) is -4.40. The number of benzene rings is 1. The van der Waals surface area contributed by atoms with Gasteiger partial charge in [-0.3, -0.25) is 9.59 Å². The van der Waals surface area contributed by atoms with E-state index in [9.17, 15) is 70.9 Å². The molecule has 0 radical (unpaired) electrons. The zero-order valence-corrected chi connectivity index (χ0v) is 22.2. The normalized spacial score (nSPS) is 40.3. The van der Waals surface area contributed by atoms with Crippen molar-refractivity contribution in [2.24, 2.45) is 0 Å². The molecule has 2 fully saturated rings. The van der Waals surface area contributed by atoms with E-state index in [1.54, 1.807) is 0 Å². The summed E-state index contributed by atoms with van der Waals surface area (Å²) < 4.78 is 10.6. The summed E-state index contributed by atoms with van der Waals surface area (Å²) in [4.78, 5) is 27.6. The average molecular weight is 613 g/mol. The quantitative estimate of drug-likeness (QED) is 0.0820. The smallest absolute Gasteiger partial charge is 0.219 e. The van der Waals surface area contributed by atoms with Crippen LogP contribution in [-0.4, -0.2) is 153 Å². The number of aromatic hydroxyl groups is 1. The number of hydrogen-bond acceptors (Lipinski definition) is 16. The van der Waals surface area contributed by atoms with Crippen LogP contribution in [0.3, 0.4) is 0 Å². The lowest BCUT2D eigenvalue weighted by Gasteiger charge is -2.48. The Labute approximate surface area is 242 Å². The number of hydrogen-bond donors (Lipinski definition) is 12. The van der Waals surface area contributed by atoms with Gasteiger partial charge in [-0.15, -0.1) is 0 Å². The van der Waals surface area contributed by atoms with Crippen molar-refractivity contribution in [2.45, 2.75) is 66.6 Å². The van der Waals surface area contributed by atoms with E-state index in [1.807, 2.05) is 0 Å². The minimum atomic E-state index is -3.63. The molecule has 11 atom stereocenters. The van der Waals surface area contributed by atoms with E-state index in [4.69, 9.17) is 9.47 Å². The number of aliphatic hydroxyl groups excluding tert-OH is 10. The molecule has 12 N–H and O–H groups in total. The van der Waals surface area contributed by atoms with Crippen molar-refractivity contribution in [3.63, 3.8) is 0 Å². The van der Waals surface area contributed by atoms with Crippen molar-refractivity contribution >= 4 is 17.6 Å². The Morgan fingerprint density at radius 2 is 1.30 bits per heavy atom. The van der Waals surface area contributed by atoms with Gasteiger partial charge in [0.2, 0.25) is 17.2 Å². The summed E-state index contributed by atoms with van der Waals surface area (Å²) in [6, 6.07) is 5.38. The molecule has 16 nitrogen and oxygen atoms in total. The van der Waals surface area contributed by atoms with Crippen LogP contribution >= 0.6 is 0 Å². The molecule has 1 aliphatic carbocycles. The summed E-state index contributed by atoms with van der Waals surface area (Å²) in [5, 5.41) is 125. The highest BCUT2D eigenvalue weighted by Crippen LogP contribution is 2.42. The van der Waals surface area contributed by atoms with Crippen LogP contribution in [0.25, 0.3) is 6.08 Å². The van der Waals surface area contributed by atoms with E-state index in [1.165, 1.54) is 30.3 Å². The second-order valence-electron chi connectivity index (χ2n) is 10.4. The third kappa shape index (κ3) is 5.47. The second kappa shape index (κ2) is 12.4. The van der Waals surface area contributed by atoms with Gasteiger partial charge in [-0.1, -0.05) is 18.2 Å². The molecular formula is C27H32O16. The van der Waals surface area contributed by atoms with Crippen molar-refractivity contribution in [1.82, 2.24) is 0 Å². The molecule has 9 unspecified atom stereocenters. The van der Waals surface area contributed by atoms with Gasteiger partial charge in [-0.2, -0.15) is 0 Å². The number of phenols is 1. The first-order chi connectivity index (χ1) is 20.2. The SMILES string of the molecule is O=C1C(=C(O)/C=C/c2ccc(O)cc2)C(O)=C(C2OC(CO)C(O)C(O)C2O)C(=O)[C@]1(O)[C@@H]1OC(CO)C(O)C(O)C1O. The van der Waals surface area contributed by atoms with Gasteiger partial charge in [0.05, 0.1) is 18.8 Å². The number of carbonyl (C=O) groups excluding carboxylic acids is 2. The minimum absolute atomic E-state index is 0.0879.